The van der Waals surface area contributed by atoms with Crippen LogP contribution >= 0.6 is 11.6 Å². The van der Waals surface area contributed by atoms with Gasteiger partial charge in [-0.25, -0.2) is 4.98 Å². The summed E-state index contributed by atoms with van der Waals surface area (Å²) in [6, 6.07) is 3.96. The lowest BCUT2D eigenvalue weighted by Gasteiger charge is -2.22. The fourth-order valence-electron chi connectivity index (χ4n) is 2.07. The van der Waals surface area contributed by atoms with Crippen LogP contribution in [0.1, 0.15) is 12.5 Å². The van der Waals surface area contributed by atoms with E-state index in [4.69, 9.17) is 11.6 Å². The molecule has 6 nitrogen and oxygen atoms in total. The summed E-state index contributed by atoms with van der Waals surface area (Å²) in [5.41, 5.74) is 2.53. The van der Waals surface area contributed by atoms with Crippen molar-refractivity contribution in [1.82, 2.24) is 24.9 Å². The smallest absolute Gasteiger partial charge is 0.226 e. The molecule has 20 heavy (non-hydrogen) atoms. The van der Waals surface area contributed by atoms with Crippen LogP contribution in [0.5, 0.6) is 0 Å². The van der Waals surface area contributed by atoms with Gasteiger partial charge in [-0.15, -0.1) is 0 Å². The lowest BCUT2D eigenvalue weighted by molar-refractivity contribution is 0.814. The molecule has 0 aliphatic rings. The van der Waals surface area contributed by atoms with Gasteiger partial charge in [-0.05, 0) is 36.2 Å². The van der Waals surface area contributed by atoms with E-state index < -0.39 is 0 Å². The number of nitrogens with one attached hydrogen (secondary N) is 1. The van der Waals surface area contributed by atoms with Gasteiger partial charge in [0.2, 0.25) is 5.28 Å². The van der Waals surface area contributed by atoms with E-state index in [0.29, 0.717) is 5.65 Å². The SMILES string of the molecule is CCN(Cc1ccncc1)c1nc(Cl)nc2nc[nH]c12. The topological polar surface area (TPSA) is 70.6 Å². The van der Waals surface area contributed by atoms with Crippen LogP contribution in [0.15, 0.2) is 30.9 Å². The Labute approximate surface area is 120 Å². The Morgan fingerprint density at radius 2 is 2.05 bits per heavy atom. The number of halogens is 1. The zero-order valence-electron chi connectivity index (χ0n) is 10.9. The minimum Gasteiger partial charge on any atom is -0.351 e. The third-order valence-corrected chi connectivity index (χ3v) is 3.21. The maximum atomic E-state index is 5.97. The van der Waals surface area contributed by atoms with Gasteiger partial charge in [-0.3, -0.25) is 4.98 Å². The Bertz CT molecular complexity index is 711. The molecule has 0 spiro atoms. The molecular formula is C13H13ClN6. The molecule has 3 aromatic heterocycles. The van der Waals surface area contributed by atoms with Gasteiger partial charge in [0.05, 0.1) is 6.33 Å². The standard InChI is InChI=1S/C13H13ClN6/c1-2-20(7-9-3-5-15-6-4-9)12-10-11(17-8-16-10)18-13(14)19-12/h3-6,8H,2,7H2,1H3,(H,16,17,18,19). The van der Waals surface area contributed by atoms with E-state index in [1.165, 1.54) is 0 Å². The van der Waals surface area contributed by atoms with Crippen LogP contribution in [0.3, 0.4) is 0 Å². The molecule has 1 N–H and O–H groups in total. The molecule has 0 amide bonds. The highest BCUT2D eigenvalue weighted by Crippen LogP contribution is 2.23. The van der Waals surface area contributed by atoms with Crippen molar-refractivity contribution in [3.8, 4) is 0 Å². The maximum absolute atomic E-state index is 5.97. The molecule has 0 bridgehead atoms. The molecule has 0 unspecified atom stereocenters. The molecular weight excluding hydrogens is 276 g/mol. The summed E-state index contributed by atoms with van der Waals surface area (Å²) in [5, 5.41) is 0.202. The minimum atomic E-state index is 0.202. The summed E-state index contributed by atoms with van der Waals surface area (Å²) < 4.78 is 0. The zero-order chi connectivity index (χ0) is 13.9. The maximum Gasteiger partial charge on any atom is 0.226 e. The summed E-state index contributed by atoms with van der Waals surface area (Å²) >= 11 is 5.97. The van der Waals surface area contributed by atoms with Gasteiger partial charge in [0.25, 0.3) is 0 Å². The van der Waals surface area contributed by atoms with E-state index in [1.54, 1.807) is 18.7 Å². The summed E-state index contributed by atoms with van der Waals surface area (Å²) in [6.45, 7) is 3.59. The molecule has 3 aromatic rings. The highest BCUT2D eigenvalue weighted by Gasteiger charge is 2.15. The van der Waals surface area contributed by atoms with Gasteiger partial charge in [0.1, 0.15) is 5.52 Å². The Morgan fingerprint density at radius 3 is 2.80 bits per heavy atom. The number of pyridine rings is 1. The number of rotatable bonds is 4. The van der Waals surface area contributed by atoms with Crippen molar-refractivity contribution in [1.29, 1.82) is 0 Å². The number of hydrogen-bond donors (Lipinski definition) is 1. The molecule has 3 rings (SSSR count). The van der Waals surface area contributed by atoms with Gasteiger partial charge in [0, 0.05) is 25.5 Å². The fraction of sp³-hybridized carbons (Fsp3) is 0.231. The van der Waals surface area contributed by atoms with Crippen LogP contribution in [-0.4, -0.2) is 31.5 Å². The Morgan fingerprint density at radius 1 is 1.25 bits per heavy atom. The first-order chi connectivity index (χ1) is 9.78. The molecule has 0 saturated carbocycles. The number of hydrogen-bond acceptors (Lipinski definition) is 5. The van der Waals surface area contributed by atoms with E-state index >= 15 is 0 Å². The van der Waals surface area contributed by atoms with Gasteiger partial charge in [-0.1, -0.05) is 0 Å². The van der Waals surface area contributed by atoms with Crippen LogP contribution in [0.2, 0.25) is 5.28 Å². The summed E-state index contributed by atoms with van der Waals surface area (Å²) in [4.78, 5) is 21.8. The molecule has 3 heterocycles. The van der Waals surface area contributed by atoms with E-state index in [2.05, 4.69) is 36.7 Å². The van der Waals surface area contributed by atoms with E-state index in [0.717, 1.165) is 30.0 Å². The quantitative estimate of drug-likeness (QED) is 0.747. The van der Waals surface area contributed by atoms with Gasteiger partial charge in [0.15, 0.2) is 11.5 Å². The number of nitrogens with zero attached hydrogens (tertiary/aromatic N) is 5. The summed E-state index contributed by atoms with van der Waals surface area (Å²) in [6.07, 6.45) is 5.16. The predicted octanol–water partition coefficient (Wildman–Crippen LogP) is 2.43. The minimum absolute atomic E-state index is 0.202. The van der Waals surface area contributed by atoms with Crippen LogP contribution in [0.4, 0.5) is 5.82 Å². The molecule has 0 saturated heterocycles. The van der Waals surface area contributed by atoms with Crippen molar-refractivity contribution in [2.75, 3.05) is 11.4 Å². The van der Waals surface area contributed by atoms with E-state index in [1.807, 2.05) is 12.1 Å². The normalized spacial score (nSPS) is 10.9. The first-order valence-corrected chi connectivity index (χ1v) is 6.66. The van der Waals surface area contributed by atoms with Crippen LogP contribution < -0.4 is 4.90 Å². The van der Waals surface area contributed by atoms with Crippen molar-refractivity contribution in [2.45, 2.75) is 13.5 Å². The Hall–Kier alpha value is -2.21. The fourth-order valence-corrected chi connectivity index (χ4v) is 2.23. The van der Waals surface area contributed by atoms with E-state index in [-0.39, 0.29) is 5.28 Å². The highest BCUT2D eigenvalue weighted by atomic mass is 35.5. The van der Waals surface area contributed by atoms with Gasteiger partial charge < -0.3 is 9.88 Å². The third-order valence-electron chi connectivity index (χ3n) is 3.04. The average Bonchev–Trinajstić information content (AvgIpc) is 2.93. The predicted molar refractivity (Wildman–Crippen MR) is 77.7 cm³/mol. The first-order valence-electron chi connectivity index (χ1n) is 6.28. The molecule has 0 radical (unpaired) electrons. The van der Waals surface area contributed by atoms with Crippen LogP contribution in [0.25, 0.3) is 11.2 Å². The zero-order valence-corrected chi connectivity index (χ0v) is 11.7. The summed E-state index contributed by atoms with van der Waals surface area (Å²) in [5.74, 6) is 0.761. The lowest BCUT2D eigenvalue weighted by atomic mass is 10.2. The molecule has 0 aliphatic heterocycles. The number of imidazole rings is 1. The largest absolute Gasteiger partial charge is 0.351 e. The van der Waals surface area contributed by atoms with E-state index in [9.17, 15) is 0 Å². The molecule has 102 valence electrons. The van der Waals surface area contributed by atoms with Crippen molar-refractivity contribution in [3.05, 3.63) is 41.7 Å². The highest BCUT2D eigenvalue weighted by molar-refractivity contribution is 6.28. The van der Waals surface area contributed by atoms with Gasteiger partial charge in [-0.2, -0.15) is 9.97 Å². The van der Waals surface area contributed by atoms with Crippen LogP contribution in [0, 0.1) is 0 Å². The molecule has 0 aromatic carbocycles. The molecule has 0 fully saturated rings. The third kappa shape index (κ3) is 2.42. The Kier molecular flexibility index (Phi) is 3.47. The summed E-state index contributed by atoms with van der Waals surface area (Å²) in [7, 11) is 0. The number of H-pyrrole nitrogens is 1. The van der Waals surface area contributed by atoms with Crippen molar-refractivity contribution in [2.24, 2.45) is 0 Å². The molecule has 0 atom stereocenters. The second-order valence-corrected chi connectivity index (χ2v) is 4.63. The van der Waals surface area contributed by atoms with Crippen molar-refractivity contribution < 1.29 is 0 Å². The molecule has 7 heteroatoms. The number of aromatic nitrogens is 5. The number of fused-ring (bicyclic) bond motifs is 1. The molecule has 0 aliphatic carbocycles. The number of aromatic amines is 1. The average molecular weight is 289 g/mol. The first kappa shape index (κ1) is 12.8. The Balaban J connectivity index is 2.01. The second kappa shape index (κ2) is 5.42. The van der Waals surface area contributed by atoms with Crippen LogP contribution in [-0.2, 0) is 6.54 Å². The second-order valence-electron chi connectivity index (χ2n) is 4.29. The lowest BCUT2D eigenvalue weighted by Crippen LogP contribution is -2.23. The van der Waals surface area contributed by atoms with Crippen molar-refractivity contribution in [3.63, 3.8) is 0 Å². The monoisotopic (exact) mass is 288 g/mol. The van der Waals surface area contributed by atoms with Gasteiger partial charge >= 0.3 is 0 Å². The van der Waals surface area contributed by atoms with Crippen molar-refractivity contribution >= 4 is 28.6 Å². The number of anilines is 1.